The molecule has 0 amide bonds. The highest BCUT2D eigenvalue weighted by molar-refractivity contribution is 7.09. The van der Waals surface area contributed by atoms with Crippen LogP contribution in [-0.2, 0) is 23.4 Å². The Morgan fingerprint density at radius 1 is 1.29 bits per heavy atom. The van der Waals surface area contributed by atoms with E-state index in [-0.39, 0.29) is 5.54 Å². The van der Waals surface area contributed by atoms with Gasteiger partial charge in [-0.05, 0) is 22.6 Å². The Labute approximate surface area is 127 Å². The Kier molecular flexibility index (Phi) is 2.97. The maximum atomic E-state index is 6.18. The van der Waals surface area contributed by atoms with Gasteiger partial charge in [-0.15, -0.1) is 11.3 Å². The number of fused-ring (bicyclic) bond motifs is 2. The van der Waals surface area contributed by atoms with Crippen LogP contribution in [0.25, 0.3) is 0 Å². The molecule has 0 bridgehead atoms. The minimum atomic E-state index is -0.247. The van der Waals surface area contributed by atoms with Crippen LogP contribution in [0.4, 0.5) is 0 Å². The summed E-state index contributed by atoms with van der Waals surface area (Å²) >= 11 is 1.75. The van der Waals surface area contributed by atoms with Crippen molar-refractivity contribution in [3.05, 3.63) is 57.8 Å². The monoisotopic (exact) mass is 299 g/mol. The number of nitrogens with zero attached hydrogens (tertiary/aromatic N) is 2. The van der Waals surface area contributed by atoms with Crippen molar-refractivity contribution >= 4 is 17.3 Å². The van der Waals surface area contributed by atoms with Crippen LogP contribution in [0.5, 0.6) is 0 Å². The number of hydrogen-bond acceptors (Lipinski definition) is 5. The van der Waals surface area contributed by atoms with Gasteiger partial charge in [-0.25, -0.2) is 0 Å². The van der Waals surface area contributed by atoms with Crippen LogP contribution >= 0.6 is 11.3 Å². The lowest BCUT2D eigenvalue weighted by Gasteiger charge is -2.42. The van der Waals surface area contributed by atoms with Gasteiger partial charge in [0, 0.05) is 4.88 Å². The minimum absolute atomic E-state index is 0.247. The Hall–Kier alpha value is -1.85. The maximum Gasteiger partial charge on any atom is 0.192 e. The number of guanidine groups is 1. The first-order chi connectivity index (χ1) is 10.3. The largest absolute Gasteiger partial charge is 0.374 e. The van der Waals surface area contributed by atoms with Crippen LogP contribution in [-0.4, -0.2) is 24.0 Å². The fourth-order valence-corrected chi connectivity index (χ4v) is 3.95. The van der Waals surface area contributed by atoms with Gasteiger partial charge < -0.3 is 15.4 Å². The number of benzene rings is 1. The normalized spacial score (nSPS) is 24.2. The van der Waals surface area contributed by atoms with E-state index >= 15 is 0 Å². The van der Waals surface area contributed by atoms with Crippen molar-refractivity contribution in [3.63, 3.8) is 0 Å². The Morgan fingerprint density at radius 3 is 3.05 bits per heavy atom. The summed E-state index contributed by atoms with van der Waals surface area (Å²) in [4.78, 5) is 8.01. The molecule has 2 aromatic rings. The SMILES string of the molecule is NC1=NCC2(COCc3ccccc32)N1Cc1cccs1. The zero-order valence-corrected chi connectivity index (χ0v) is 12.5. The number of thiophene rings is 1. The molecule has 0 saturated heterocycles. The van der Waals surface area contributed by atoms with E-state index in [4.69, 9.17) is 10.5 Å². The number of aliphatic imine (C=N–C) groups is 1. The summed E-state index contributed by atoms with van der Waals surface area (Å²) in [5, 5.41) is 2.09. The Balaban J connectivity index is 1.77. The second kappa shape index (κ2) is 4.86. The molecule has 0 radical (unpaired) electrons. The van der Waals surface area contributed by atoms with Crippen molar-refractivity contribution in [3.8, 4) is 0 Å². The first-order valence-electron chi connectivity index (χ1n) is 7.06. The summed E-state index contributed by atoms with van der Waals surface area (Å²) in [7, 11) is 0. The molecule has 108 valence electrons. The standard InChI is InChI=1S/C16H17N3OS/c17-15-18-10-16(19(15)8-13-5-3-7-21-13)11-20-9-12-4-1-2-6-14(12)16/h1-7H,8-11H2,(H2,17,18). The van der Waals surface area contributed by atoms with Crippen molar-refractivity contribution in [2.75, 3.05) is 13.2 Å². The van der Waals surface area contributed by atoms with E-state index in [9.17, 15) is 0 Å². The highest BCUT2D eigenvalue weighted by Gasteiger charge is 2.47. The summed E-state index contributed by atoms with van der Waals surface area (Å²) in [6, 6.07) is 12.7. The molecule has 2 aliphatic heterocycles. The fraction of sp³-hybridized carbons (Fsp3) is 0.312. The molecule has 0 fully saturated rings. The van der Waals surface area contributed by atoms with E-state index in [1.165, 1.54) is 16.0 Å². The number of rotatable bonds is 2. The van der Waals surface area contributed by atoms with Crippen molar-refractivity contribution in [2.24, 2.45) is 10.7 Å². The van der Waals surface area contributed by atoms with Crippen molar-refractivity contribution in [1.82, 2.24) is 4.90 Å². The van der Waals surface area contributed by atoms with Crippen LogP contribution < -0.4 is 5.73 Å². The number of hydrogen-bond donors (Lipinski definition) is 1. The molecule has 4 rings (SSSR count). The van der Waals surface area contributed by atoms with Crippen LogP contribution in [0, 0.1) is 0 Å². The van der Waals surface area contributed by atoms with Gasteiger partial charge >= 0.3 is 0 Å². The summed E-state index contributed by atoms with van der Waals surface area (Å²) < 4.78 is 5.86. The summed E-state index contributed by atoms with van der Waals surface area (Å²) in [6.45, 7) is 2.76. The highest BCUT2D eigenvalue weighted by atomic mass is 32.1. The van der Waals surface area contributed by atoms with E-state index in [1.54, 1.807) is 11.3 Å². The first kappa shape index (κ1) is 12.9. The van der Waals surface area contributed by atoms with Gasteiger partial charge in [0.25, 0.3) is 0 Å². The van der Waals surface area contributed by atoms with Gasteiger partial charge in [0.05, 0.1) is 26.3 Å². The maximum absolute atomic E-state index is 6.18. The molecule has 3 heterocycles. The zero-order chi connectivity index (χ0) is 14.3. The average Bonchev–Trinajstić information content (AvgIpc) is 3.13. The molecule has 1 spiro atoms. The third kappa shape index (κ3) is 1.96. The smallest absolute Gasteiger partial charge is 0.192 e. The van der Waals surface area contributed by atoms with E-state index in [0.29, 0.717) is 25.7 Å². The lowest BCUT2D eigenvalue weighted by atomic mass is 9.84. The molecule has 5 heteroatoms. The molecular formula is C16H17N3OS. The van der Waals surface area contributed by atoms with Crippen LogP contribution in [0.2, 0.25) is 0 Å². The van der Waals surface area contributed by atoms with E-state index in [1.807, 2.05) is 0 Å². The third-order valence-corrected chi connectivity index (χ3v) is 5.17. The molecule has 1 atom stereocenters. The molecule has 2 N–H and O–H groups in total. The van der Waals surface area contributed by atoms with Gasteiger partial charge in [0.2, 0.25) is 0 Å². The summed E-state index contributed by atoms with van der Waals surface area (Å²) in [6.07, 6.45) is 0. The van der Waals surface area contributed by atoms with Crippen LogP contribution in [0.3, 0.4) is 0 Å². The fourth-order valence-electron chi connectivity index (χ4n) is 3.25. The molecule has 0 saturated carbocycles. The van der Waals surface area contributed by atoms with Crippen molar-refractivity contribution in [2.45, 2.75) is 18.7 Å². The number of nitrogens with two attached hydrogens (primary N) is 1. The summed E-state index contributed by atoms with van der Waals surface area (Å²) in [5.41, 5.74) is 8.48. The van der Waals surface area contributed by atoms with Gasteiger partial charge in [-0.2, -0.15) is 0 Å². The number of ether oxygens (including phenoxy) is 1. The predicted octanol–water partition coefficient (Wildman–Crippen LogP) is 2.30. The lowest BCUT2D eigenvalue weighted by Crippen LogP contribution is -2.53. The van der Waals surface area contributed by atoms with E-state index in [0.717, 1.165) is 6.54 Å². The predicted molar refractivity (Wildman–Crippen MR) is 84.1 cm³/mol. The molecule has 0 aliphatic carbocycles. The highest BCUT2D eigenvalue weighted by Crippen LogP contribution is 2.39. The minimum Gasteiger partial charge on any atom is -0.374 e. The molecule has 4 nitrogen and oxygen atoms in total. The average molecular weight is 299 g/mol. The van der Waals surface area contributed by atoms with Gasteiger partial charge in [0.1, 0.15) is 5.54 Å². The van der Waals surface area contributed by atoms with E-state index < -0.39 is 0 Å². The molecule has 1 aromatic heterocycles. The first-order valence-corrected chi connectivity index (χ1v) is 7.94. The van der Waals surface area contributed by atoms with Crippen molar-refractivity contribution in [1.29, 1.82) is 0 Å². The Bertz CT molecular complexity index is 683. The van der Waals surface area contributed by atoms with Gasteiger partial charge in [0.15, 0.2) is 5.96 Å². The second-order valence-corrected chi connectivity index (χ2v) is 6.55. The molecule has 1 aromatic carbocycles. The molecule has 1 unspecified atom stereocenters. The molecule has 2 aliphatic rings. The molecule has 21 heavy (non-hydrogen) atoms. The van der Waals surface area contributed by atoms with Crippen LogP contribution in [0.1, 0.15) is 16.0 Å². The lowest BCUT2D eigenvalue weighted by molar-refractivity contribution is 0.00370. The molecular weight excluding hydrogens is 282 g/mol. The summed E-state index contributed by atoms with van der Waals surface area (Å²) in [5.74, 6) is 0.615. The van der Waals surface area contributed by atoms with E-state index in [2.05, 4.69) is 51.7 Å². The van der Waals surface area contributed by atoms with Gasteiger partial charge in [-0.3, -0.25) is 4.99 Å². The van der Waals surface area contributed by atoms with Gasteiger partial charge in [-0.1, -0.05) is 30.3 Å². The van der Waals surface area contributed by atoms with Crippen molar-refractivity contribution < 1.29 is 4.74 Å². The zero-order valence-electron chi connectivity index (χ0n) is 11.7. The third-order valence-electron chi connectivity index (χ3n) is 4.31. The topological polar surface area (TPSA) is 50.9 Å². The second-order valence-electron chi connectivity index (χ2n) is 5.52. The Morgan fingerprint density at radius 2 is 2.19 bits per heavy atom. The quantitative estimate of drug-likeness (QED) is 0.926. The van der Waals surface area contributed by atoms with Crippen LogP contribution in [0.15, 0.2) is 46.8 Å².